The number of nitrogens with zero attached hydrogens (tertiary/aromatic N) is 2. The largest absolute Gasteiger partial charge is 0.493 e. The van der Waals surface area contributed by atoms with Gasteiger partial charge >= 0.3 is 0 Å². The van der Waals surface area contributed by atoms with E-state index in [9.17, 15) is 0 Å². The van der Waals surface area contributed by atoms with Gasteiger partial charge in [-0.1, -0.05) is 18.2 Å². The molecule has 1 N–H and O–H groups in total. The van der Waals surface area contributed by atoms with E-state index >= 15 is 0 Å². The minimum absolute atomic E-state index is 0.449. The van der Waals surface area contributed by atoms with E-state index in [1.54, 1.807) is 0 Å². The van der Waals surface area contributed by atoms with Gasteiger partial charge in [0.1, 0.15) is 5.75 Å². The van der Waals surface area contributed by atoms with E-state index in [2.05, 4.69) is 22.5 Å². The third-order valence-electron chi connectivity index (χ3n) is 3.26. The molecule has 0 bridgehead atoms. The molecule has 0 spiro atoms. The first kappa shape index (κ1) is 11.3. The van der Waals surface area contributed by atoms with Crippen LogP contribution in [-0.4, -0.2) is 22.9 Å². The molecule has 3 rings (SSSR count). The Hall–Kier alpha value is -1.81. The number of hydrogen-bond donors (Lipinski definition) is 1. The highest BCUT2D eigenvalue weighted by molar-refractivity contribution is 5.39. The SMILES string of the molecule is Cn1ccc(CNCC2COc3ccccc32)n1. The Morgan fingerprint density at radius 2 is 2.28 bits per heavy atom. The van der Waals surface area contributed by atoms with Crippen molar-refractivity contribution in [1.82, 2.24) is 15.1 Å². The molecule has 1 aliphatic rings. The van der Waals surface area contributed by atoms with Crippen LogP contribution in [0.15, 0.2) is 36.5 Å². The summed E-state index contributed by atoms with van der Waals surface area (Å²) in [5, 5.41) is 7.78. The fraction of sp³-hybridized carbons (Fsp3) is 0.357. The van der Waals surface area contributed by atoms with Crippen LogP contribution in [0.25, 0.3) is 0 Å². The molecule has 0 amide bonds. The van der Waals surface area contributed by atoms with Gasteiger partial charge in [-0.25, -0.2) is 0 Å². The van der Waals surface area contributed by atoms with Crippen LogP contribution in [0, 0.1) is 0 Å². The lowest BCUT2D eigenvalue weighted by Gasteiger charge is -2.09. The number of hydrogen-bond acceptors (Lipinski definition) is 3. The minimum atomic E-state index is 0.449. The molecule has 94 valence electrons. The zero-order chi connectivity index (χ0) is 12.4. The number of nitrogens with one attached hydrogen (secondary N) is 1. The third kappa shape index (κ3) is 2.24. The molecule has 0 saturated carbocycles. The second-order valence-corrected chi connectivity index (χ2v) is 4.66. The first-order valence-electron chi connectivity index (χ1n) is 6.24. The number of benzene rings is 1. The Labute approximate surface area is 107 Å². The summed E-state index contributed by atoms with van der Waals surface area (Å²) in [6.45, 7) is 2.50. The summed E-state index contributed by atoms with van der Waals surface area (Å²) in [6, 6.07) is 10.3. The van der Waals surface area contributed by atoms with Crippen LogP contribution in [0.4, 0.5) is 0 Å². The van der Waals surface area contributed by atoms with Crippen LogP contribution in [0.1, 0.15) is 17.2 Å². The summed E-state index contributed by atoms with van der Waals surface area (Å²) in [4.78, 5) is 0. The predicted octanol–water partition coefficient (Wildman–Crippen LogP) is 1.69. The van der Waals surface area contributed by atoms with Crippen molar-refractivity contribution in [3.63, 3.8) is 0 Å². The molecular weight excluding hydrogens is 226 g/mol. The van der Waals surface area contributed by atoms with Crippen LogP contribution in [-0.2, 0) is 13.6 Å². The standard InChI is InChI=1S/C14H17N3O/c1-17-7-6-12(16-17)9-15-8-11-10-18-14-5-3-2-4-13(11)14/h2-7,11,15H,8-10H2,1H3. The van der Waals surface area contributed by atoms with Crippen molar-refractivity contribution in [2.24, 2.45) is 7.05 Å². The number of aromatic nitrogens is 2. The smallest absolute Gasteiger partial charge is 0.122 e. The highest BCUT2D eigenvalue weighted by Gasteiger charge is 2.22. The van der Waals surface area contributed by atoms with E-state index in [1.165, 1.54) is 5.56 Å². The Bertz CT molecular complexity index is 535. The van der Waals surface area contributed by atoms with Crippen LogP contribution >= 0.6 is 0 Å². The van der Waals surface area contributed by atoms with Crippen LogP contribution in [0.5, 0.6) is 5.75 Å². The van der Waals surface area contributed by atoms with Gasteiger partial charge in [0.05, 0.1) is 12.3 Å². The van der Waals surface area contributed by atoms with Crippen molar-refractivity contribution in [2.75, 3.05) is 13.2 Å². The average Bonchev–Trinajstić information content (AvgIpc) is 2.97. The highest BCUT2D eigenvalue weighted by atomic mass is 16.5. The number of rotatable bonds is 4. The van der Waals surface area contributed by atoms with Crippen LogP contribution < -0.4 is 10.1 Å². The van der Waals surface area contributed by atoms with E-state index < -0.39 is 0 Å². The second-order valence-electron chi connectivity index (χ2n) is 4.66. The van der Waals surface area contributed by atoms with Gasteiger partial charge in [0.15, 0.2) is 0 Å². The van der Waals surface area contributed by atoms with Gasteiger partial charge in [0, 0.05) is 37.8 Å². The number of ether oxygens (including phenoxy) is 1. The molecule has 1 aliphatic heterocycles. The average molecular weight is 243 g/mol. The maximum atomic E-state index is 5.66. The first-order chi connectivity index (χ1) is 8.83. The molecular formula is C14H17N3O. The van der Waals surface area contributed by atoms with Gasteiger partial charge in [0.25, 0.3) is 0 Å². The Balaban J connectivity index is 1.56. The Morgan fingerprint density at radius 3 is 3.11 bits per heavy atom. The number of aryl methyl sites for hydroxylation is 1. The monoisotopic (exact) mass is 243 g/mol. The summed E-state index contributed by atoms with van der Waals surface area (Å²) in [7, 11) is 1.94. The lowest BCUT2D eigenvalue weighted by Crippen LogP contribution is -2.22. The van der Waals surface area contributed by atoms with Gasteiger partial charge in [-0.15, -0.1) is 0 Å². The third-order valence-corrected chi connectivity index (χ3v) is 3.26. The van der Waals surface area contributed by atoms with Crippen LogP contribution in [0.2, 0.25) is 0 Å². The summed E-state index contributed by atoms with van der Waals surface area (Å²) in [6.07, 6.45) is 1.96. The van der Waals surface area contributed by atoms with Crippen molar-refractivity contribution in [1.29, 1.82) is 0 Å². The van der Waals surface area contributed by atoms with Crippen molar-refractivity contribution in [3.8, 4) is 5.75 Å². The molecule has 2 aromatic rings. The van der Waals surface area contributed by atoms with E-state index in [0.717, 1.165) is 31.1 Å². The topological polar surface area (TPSA) is 39.1 Å². The summed E-state index contributed by atoms with van der Waals surface area (Å²) in [5.74, 6) is 1.48. The van der Waals surface area contributed by atoms with E-state index in [4.69, 9.17) is 4.74 Å². The van der Waals surface area contributed by atoms with E-state index in [0.29, 0.717) is 5.92 Å². The maximum Gasteiger partial charge on any atom is 0.122 e. The molecule has 4 nitrogen and oxygen atoms in total. The highest BCUT2D eigenvalue weighted by Crippen LogP contribution is 2.32. The summed E-state index contributed by atoms with van der Waals surface area (Å²) in [5.41, 5.74) is 2.38. The fourth-order valence-electron chi connectivity index (χ4n) is 2.33. The number of fused-ring (bicyclic) bond motifs is 1. The molecule has 1 unspecified atom stereocenters. The van der Waals surface area contributed by atoms with Gasteiger partial charge in [0.2, 0.25) is 0 Å². The molecule has 0 aliphatic carbocycles. The molecule has 18 heavy (non-hydrogen) atoms. The zero-order valence-electron chi connectivity index (χ0n) is 10.5. The molecule has 2 heterocycles. The zero-order valence-corrected chi connectivity index (χ0v) is 10.5. The molecule has 1 aromatic carbocycles. The van der Waals surface area contributed by atoms with Crippen molar-refractivity contribution in [2.45, 2.75) is 12.5 Å². The van der Waals surface area contributed by atoms with Crippen molar-refractivity contribution in [3.05, 3.63) is 47.8 Å². The second kappa shape index (κ2) is 4.82. The molecule has 4 heteroatoms. The summed E-state index contributed by atoms with van der Waals surface area (Å²) < 4.78 is 7.48. The van der Waals surface area contributed by atoms with Gasteiger partial charge < -0.3 is 10.1 Å². The van der Waals surface area contributed by atoms with Crippen LogP contribution in [0.3, 0.4) is 0 Å². The lowest BCUT2D eigenvalue weighted by atomic mass is 10.0. The van der Waals surface area contributed by atoms with Crippen molar-refractivity contribution < 1.29 is 4.74 Å². The molecule has 0 saturated heterocycles. The molecule has 0 radical (unpaired) electrons. The molecule has 1 atom stereocenters. The first-order valence-corrected chi connectivity index (χ1v) is 6.24. The maximum absolute atomic E-state index is 5.66. The summed E-state index contributed by atoms with van der Waals surface area (Å²) >= 11 is 0. The minimum Gasteiger partial charge on any atom is -0.493 e. The Kier molecular flexibility index (Phi) is 3.02. The normalized spacial score (nSPS) is 17.5. The van der Waals surface area contributed by atoms with Gasteiger partial charge in [-0.3, -0.25) is 4.68 Å². The number of para-hydroxylation sites is 1. The van der Waals surface area contributed by atoms with Gasteiger partial charge in [-0.2, -0.15) is 5.10 Å². The Morgan fingerprint density at radius 1 is 1.39 bits per heavy atom. The predicted molar refractivity (Wildman–Crippen MR) is 69.6 cm³/mol. The quantitative estimate of drug-likeness (QED) is 0.888. The van der Waals surface area contributed by atoms with E-state index in [-0.39, 0.29) is 0 Å². The molecule has 1 aromatic heterocycles. The molecule has 0 fully saturated rings. The van der Waals surface area contributed by atoms with E-state index in [1.807, 2.05) is 36.1 Å². The lowest BCUT2D eigenvalue weighted by molar-refractivity contribution is 0.326. The fourth-order valence-corrected chi connectivity index (χ4v) is 2.33. The van der Waals surface area contributed by atoms with Crippen molar-refractivity contribution >= 4 is 0 Å². The van der Waals surface area contributed by atoms with Gasteiger partial charge in [-0.05, 0) is 12.1 Å².